The first-order valence-electron chi connectivity index (χ1n) is 7.12. The van der Waals surface area contributed by atoms with Crippen LogP contribution in [0.25, 0.3) is 0 Å². The van der Waals surface area contributed by atoms with Gasteiger partial charge < -0.3 is 14.8 Å². The van der Waals surface area contributed by atoms with Gasteiger partial charge in [0, 0.05) is 26.3 Å². The monoisotopic (exact) mass is 243 g/mol. The number of nitrogens with one attached hydrogen (secondary N) is 1. The molecule has 2 unspecified atom stereocenters. The standard InChI is InChI=1S/C14H29NO2/c1-12(2)6-4-8-16-13(3)10-15-11-14-7-5-9-17-14/h12-15H,4-11H2,1-3H3. The molecule has 3 nitrogen and oxygen atoms in total. The van der Waals surface area contributed by atoms with E-state index >= 15 is 0 Å². The first-order valence-corrected chi connectivity index (χ1v) is 7.12. The maximum absolute atomic E-state index is 5.75. The summed E-state index contributed by atoms with van der Waals surface area (Å²) in [6.07, 6.45) is 5.60. The molecule has 3 heteroatoms. The van der Waals surface area contributed by atoms with Crippen LogP contribution in [0.1, 0.15) is 46.5 Å². The van der Waals surface area contributed by atoms with Crippen LogP contribution in [0.3, 0.4) is 0 Å². The molecular weight excluding hydrogens is 214 g/mol. The van der Waals surface area contributed by atoms with Crippen LogP contribution in [0.2, 0.25) is 0 Å². The van der Waals surface area contributed by atoms with Crippen LogP contribution in [0.4, 0.5) is 0 Å². The summed E-state index contributed by atoms with van der Waals surface area (Å²) in [4.78, 5) is 0. The Morgan fingerprint density at radius 3 is 2.82 bits per heavy atom. The minimum absolute atomic E-state index is 0.309. The molecule has 1 rings (SSSR count). The van der Waals surface area contributed by atoms with Crippen molar-refractivity contribution in [1.29, 1.82) is 0 Å². The van der Waals surface area contributed by atoms with E-state index in [0.29, 0.717) is 12.2 Å². The van der Waals surface area contributed by atoms with Gasteiger partial charge in [0.15, 0.2) is 0 Å². The second-order valence-corrected chi connectivity index (χ2v) is 5.51. The highest BCUT2D eigenvalue weighted by molar-refractivity contribution is 4.68. The fourth-order valence-electron chi connectivity index (χ4n) is 2.09. The Labute approximate surface area is 106 Å². The molecule has 1 heterocycles. The van der Waals surface area contributed by atoms with Gasteiger partial charge in [-0.1, -0.05) is 13.8 Å². The highest BCUT2D eigenvalue weighted by Gasteiger charge is 2.14. The van der Waals surface area contributed by atoms with Crippen molar-refractivity contribution in [2.75, 3.05) is 26.3 Å². The van der Waals surface area contributed by atoms with Gasteiger partial charge in [0.25, 0.3) is 0 Å². The Hall–Kier alpha value is -0.120. The van der Waals surface area contributed by atoms with Gasteiger partial charge >= 0.3 is 0 Å². The average Bonchev–Trinajstić information content (AvgIpc) is 2.77. The molecular formula is C14H29NO2. The third-order valence-electron chi connectivity index (χ3n) is 3.16. The van der Waals surface area contributed by atoms with E-state index in [1.807, 2.05) is 0 Å². The van der Waals surface area contributed by atoms with Crippen molar-refractivity contribution in [3.63, 3.8) is 0 Å². The van der Waals surface area contributed by atoms with Crippen LogP contribution in [-0.4, -0.2) is 38.5 Å². The van der Waals surface area contributed by atoms with Crippen LogP contribution >= 0.6 is 0 Å². The minimum atomic E-state index is 0.309. The van der Waals surface area contributed by atoms with Crippen LogP contribution < -0.4 is 5.32 Å². The Kier molecular flexibility index (Phi) is 7.82. The summed E-state index contributed by atoms with van der Waals surface area (Å²) < 4.78 is 11.3. The lowest BCUT2D eigenvalue weighted by molar-refractivity contribution is 0.0564. The van der Waals surface area contributed by atoms with Crippen LogP contribution in [0.15, 0.2) is 0 Å². The molecule has 0 amide bonds. The number of hydrogen-bond acceptors (Lipinski definition) is 3. The molecule has 1 fully saturated rings. The lowest BCUT2D eigenvalue weighted by Crippen LogP contribution is -2.33. The molecule has 102 valence electrons. The predicted molar refractivity (Wildman–Crippen MR) is 71.3 cm³/mol. The van der Waals surface area contributed by atoms with E-state index in [9.17, 15) is 0 Å². The number of hydrogen-bond donors (Lipinski definition) is 1. The topological polar surface area (TPSA) is 30.5 Å². The van der Waals surface area contributed by atoms with E-state index in [2.05, 4.69) is 26.1 Å². The molecule has 0 aromatic carbocycles. The van der Waals surface area contributed by atoms with Crippen molar-refractivity contribution in [3.05, 3.63) is 0 Å². The van der Waals surface area contributed by atoms with E-state index in [1.54, 1.807) is 0 Å². The van der Waals surface area contributed by atoms with Crippen LogP contribution in [-0.2, 0) is 9.47 Å². The normalized spacial score (nSPS) is 22.2. The zero-order chi connectivity index (χ0) is 12.5. The largest absolute Gasteiger partial charge is 0.377 e. The van der Waals surface area contributed by atoms with Crippen molar-refractivity contribution in [1.82, 2.24) is 5.32 Å². The third kappa shape index (κ3) is 7.74. The third-order valence-corrected chi connectivity index (χ3v) is 3.16. The molecule has 0 aromatic rings. The average molecular weight is 243 g/mol. The summed E-state index contributed by atoms with van der Waals surface area (Å²) >= 11 is 0. The van der Waals surface area contributed by atoms with Gasteiger partial charge in [-0.2, -0.15) is 0 Å². The molecule has 1 aliphatic heterocycles. The molecule has 1 N–H and O–H groups in total. The van der Waals surface area contributed by atoms with Gasteiger partial charge in [-0.3, -0.25) is 0 Å². The molecule has 1 saturated heterocycles. The Balaban J connectivity index is 1.88. The quantitative estimate of drug-likeness (QED) is 0.631. The summed E-state index contributed by atoms with van der Waals surface area (Å²) in [6.45, 7) is 10.4. The molecule has 0 spiro atoms. The molecule has 0 radical (unpaired) electrons. The number of ether oxygens (including phenoxy) is 2. The van der Waals surface area contributed by atoms with E-state index < -0.39 is 0 Å². The van der Waals surface area contributed by atoms with Gasteiger partial charge in [0.05, 0.1) is 12.2 Å². The molecule has 0 aromatic heterocycles. The van der Waals surface area contributed by atoms with Crippen LogP contribution in [0, 0.1) is 5.92 Å². The zero-order valence-corrected chi connectivity index (χ0v) is 11.7. The van der Waals surface area contributed by atoms with E-state index in [4.69, 9.17) is 9.47 Å². The molecule has 2 atom stereocenters. The second-order valence-electron chi connectivity index (χ2n) is 5.51. The molecule has 0 bridgehead atoms. The van der Waals surface area contributed by atoms with Gasteiger partial charge in [0.2, 0.25) is 0 Å². The van der Waals surface area contributed by atoms with Crippen molar-refractivity contribution in [3.8, 4) is 0 Å². The first kappa shape index (κ1) is 14.9. The highest BCUT2D eigenvalue weighted by Crippen LogP contribution is 2.10. The molecule has 17 heavy (non-hydrogen) atoms. The first-order chi connectivity index (χ1) is 8.18. The SMILES string of the molecule is CC(C)CCCOC(C)CNCC1CCCO1. The lowest BCUT2D eigenvalue weighted by Gasteiger charge is -2.16. The van der Waals surface area contributed by atoms with Gasteiger partial charge in [-0.05, 0) is 38.5 Å². The lowest BCUT2D eigenvalue weighted by atomic mass is 10.1. The molecule has 0 saturated carbocycles. The van der Waals surface area contributed by atoms with Crippen molar-refractivity contribution in [2.24, 2.45) is 5.92 Å². The minimum Gasteiger partial charge on any atom is -0.377 e. The fourth-order valence-corrected chi connectivity index (χ4v) is 2.09. The Morgan fingerprint density at radius 2 is 2.18 bits per heavy atom. The maximum Gasteiger partial charge on any atom is 0.0700 e. The predicted octanol–water partition coefficient (Wildman–Crippen LogP) is 2.60. The molecule has 0 aliphatic carbocycles. The summed E-state index contributed by atoms with van der Waals surface area (Å²) in [6, 6.07) is 0. The van der Waals surface area contributed by atoms with E-state index in [0.717, 1.165) is 32.2 Å². The highest BCUT2D eigenvalue weighted by atomic mass is 16.5. The van der Waals surface area contributed by atoms with Gasteiger partial charge in [0.1, 0.15) is 0 Å². The molecule has 1 aliphatic rings. The number of rotatable bonds is 9. The fraction of sp³-hybridized carbons (Fsp3) is 1.00. The maximum atomic E-state index is 5.75. The summed E-state index contributed by atoms with van der Waals surface area (Å²) in [5.74, 6) is 0.784. The van der Waals surface area contributed by atoms with Gasteiger partial charge in [-0.15, -0.1) is 0 Å². The zero-order valence-electron chi connectivity index (χ0n) is 11.7. The summed E-state index contributed by atoms with van der Waals surface area (Å²) in [5.41, 5.74) is 0. The summed E-state index contributed by atoms with van der Waals surface area (Å²) in [7, 11) is 0. The van der Waals surface area contributed by atoms with Crippen molar-refractivity contribution < 1.29 is 9.47 Å². The van der Waals surface area contributed by atoms with E-state index in [1.165, 1.54) is 25.7 Å². The summed E-state index contributed by atoms with van der Waals surface area (Å²) in [5, 5.41) is 3.43. The second kappa shape index (κ2) is 8.90. The van der Waals surface area contributed by atoms with Gasteiger partial charge in [-0.25, -0.2) is 0 Å². The Bertz CT molecular complexity index is 179. The van der Waals surface area contributed by atoms with Crippen molar-refractivity contribution in [2.45, 2.75) is 58.7 Å². The van der Waals surface area contributed by atoms with E-state index in [-0.39, 0.29) is 0 Å². The van der Waals surface area contributed by atoms with Crippen molar-refractivity contribution >= 4 is 0 Å². The smallest absolute Gasteiger partial charge is 0.0700 e. The van der Waals surface area contributed by atoms with Crippen LogP contribution in [0.5, 0.6) is 0 Å². The Morgan fingerprint density at radius 1 is 1.35 bits per heavy atom.